The lowest BCUT2D eigenvalue weighted by Crippen LogP contribution is -2.20. The lowest BCUT2D eigenvalue weighted by Gasteiger charge is -2.20. The van der Waals surface area contributed by atoms with E-state index in [0.717, 1.165) is 0 Å². The van der Waals surface area contributed by atoms with Gasteiger partial charge in [-0.15, -0.1) is 0 Å². The topological polar surface area (TPSA) is 66.0 Å². The number of aromatic nitrogens is 1. The molecule has 2 aromatic rings. The molecule has 1 heterocycles. The molecule has 0 aliphatic rings. The number of rotatable bonds is 4. The largest absolute Gasteiger partial charge is 0.384 e. The molecule has 3 N–H and O–H groups in total. The van der Waals surface area contributed by atoms with Crippen LogP contribution in [0, 0.1) is 12.3 Å². The Morgan fingerprint density at radius 1 is 1.40 bits per heavy atom. The van der Waals surface area contributed by atoms with Crippen LogP contribution in [0.4, 0.5) is 5.82 Å². The number of aryl methyl sites for hydroxylation is 1. The van der Waals surface area contributed by atoms with Gasteiger partial charge in [0.05, 0.1) is 5.02 Å². The van der Waals surface area contributed by atoms with E-state index in [1.54, 1.807) is 12.3 Å². The summed E-state index contributed by atoms with van der Waals surface area (Å²) >= 11 is 6.27. The molecule has 0 aliphatic carbocycles. The maximum atomic E-state index is 7.51. The van der Waals surface area contributed by atoms with Crippen molar-refractivity contribution in [2.75, 3.05) is 11.9 Å². The predicted octanol–water partition coefficient (Wildman–Crippen LogP) is 2.96. The van der Waals surface area contributed by atoms with Crippen LogP contribution in [0.2, 0.25) is 5.02 Å². The minimum Gasteiger partial charge on any atom is -0.384 e. The molecule has 0 fully saturated rings. The maximum absolute atomic E-state index is 7.51. The van der Waals surface area contributed by atoms with E-state index in [0.29, 0.717) is 22.9 Å². The van der Waals surface area contributed by atoms with Crippen LogP contribution in [0.25, 0.3) is 0 Å². The number of anilines is 1. The van der Waals surface area contributed by atoms with Crippen molar-refractivity contribution >= 4 is 23.3 Å². The smallest absolute Gasteiger partial charge is 0.148 e. The molecule has 104 valence electrons. The molecule has 0 saturated heterocycles. The van der Waals surface area contributed by atoms with Gasteiger partial charge < -0.3 is 10.6 Å². The highest BCUT2D eigenvalue weighted by atomic mass is 35.5. The van der Waals surface area contributed by atoms with Crippen LogP contribution in [0.5, 0.6) is 0 Å². The van der Waals surface area contributed by atoms with Gasteiger partial charge in [-0.1, -0.05) is 41.4 Å². The van der Waals surface area contributed by atoms with E-state index in [1.165, 1.54) is 11.1 Å². The van der Waals surface area contributed by atoms with Gasteiger partial charge in [0.15, 0.2) is 0 Å². The van der Waals surface area contributed by atoms with Gasteiger partial charge in [-0.25, -0.2) is 4.98 Å². The van der Waals surface area contributed by atoms with Crippen LogP contribution >= 0.6 is 11.6 Å². The van der Waals surface area contributed by atoms with Crippen LogP contribution < -0.4 is 10.6 Å². The first kappa shape index (κ1) is 14.3. The van der Waals surface area contributed by atoms with Gasteiger partial charge in [0.25, 0.3) is 0 Å². The number of nitrogens with one attached hydrogen (secondary N) is 1. The Labute approximate surface area is 123 Å². The third kappa shape index (κ3) is 3.08. The summed E-state index contributed by atoms with van der Waals surface area (Å²) in [6.45, 7) is 2.75. The van der Waals surface area contributed by atoms with E-state index < -0.39 is 0 Å². The maximum Gasteiger partial charge on any atom is 0.148 e. The Hall–Kier alpha value is -2.07. The lowest BCUT2D eigenvalue weighted by molar-refractivity contribution is 0.896. The summed E-state index contributed by atoms with van der Waals surface area (Å²) < 4.78 is 0. The Bertz CT molecular complexity index is 640. The summed E-state index contributed by atoms with van der Waals surface area (Å²) in [5, 5.41) is 7.92. The van der Waals surface area contributed by atoms with Crippen molar-refractivity contribution in [2.24, 2.45) is 5.73 Å². The fourth-order valence-corrected chi connectivity index (χ4v) is 2.42. The van der Waals surface area contributed by atoms with Gasteiger partial charge in [0, 0.05) is 25.4 Å². The average Bonchev–Trinajstić information content (AvgIpc) is 2.38. The van der Waals surface area contributed by atoms with Crippen LogP contribution in [0.1, 0.15) is 16.7 Å². The zero-order valence-corrected chi connectivity index (χ0v) is 12.3. The molecule has 1 aromatic heterocycles. The fraction of sp³-hybridized carbons (Fsp3) is 0.200. The molecule has 0 atom stereocenters. The van der Waals surface area contributed by atoms with Crippen molar-refractivity contribution in [2.45, 2.75) is 13.5 Å². The summed E-state index contributed by atoms with van der Waals surface area (Å²) in [6, 6.07) is 9.92. The first-order valence-electron chi connectivity index (χ1n) is 6.24. The molecule has 2 rings (SSSR count). The monoisotopic (exact) mass is 288 g/mol. The molecular weight excluding hydrogens is 272 g/mol. The first-order chi connectivity index (χ1) is 9.49. The Morgan fingerprint density at radius 2 is 2.15 bits per heavy atom. The number of hydrogen-bond donors (Lipinski definition) is 2. The second-order valence-electron chi connectivity index (χ2n) is 4.75. The predicted molar refractivity (Wildman–Crippen MR) is 83.5 cm³/mol. The zero-order valence-electron chi connectivity index (χ0n) is 11.5. The Kier molecular flexibility index (Phi) is 4.25. The molecule has 0 unspecified atom stereocenters. The fourth-order valence-electron chi connectivity index (χ4n) is 2.07. The molecule has 0 radical (unpaired) electrons. The lowest BCUT2D eigenvalue weighted by atomic mass is 10.1. The molecule has 0 aliphatic heterocycles. The minimum absolute atomic E-state index is 0.0531. The highest BCUT2D eigenvalue weighted by Crippen LogP contribution is 2.26. The van der Waals surface area contributed by atoms with E-state index in [-0.39, 0.29) is 5.84 Å². The number of halogens is 1. The Morgan fingerprint density at radius 3 is 2.80 bits per heavy atom. The van der Waals surface area contributed by atoms with Crippen molar-refractivity contribution in [3.8, 4) is 0 Å². The van der Waals surface area contributed by atoms with Crippen molar-refractivity contribution in [3.63, 3.8) is 0 Å². The zero-order chi connectivity index (χ0) is 14.7. The summed E-state index contributed by atoms with van der Waals surface area (Å²) in [5.41, 5.74) is 8.41. The number of nitrogens with zero attached hydrogens (tertiary/aromatic N) is 2. The highest BCUT2D eigenvalue weighted by molar-refractivity contribution is 6.36. The number of benzene rings is 1. The van der Waals surface area contributed by atoms with Crippen LogP contribution in [0.3, 0.4) is 0 Å². The third-order valence-electron chi connectivity index (χ3n) is 3.02. The molecule has 0 amide bonds. The molecule has 4 nitrogen and oxygen atoms in total. The van der Waals surface area contributed by atoms with Crippen molar-refractivity contribution in [3.05, 3.63) is 58.2 Å². The van der Waals surface area contributed by atoms with E-state index in [4.69, 9.17) is 22.7 Å². The normalized spacial score (nSPS) is 10.3. The van der Waals surface area contributed by atoms with E-state index in [9.17, 15) is 0 Å². The highest BCUT2D eigenvalue weighted by Gasteiger charge is 2.13. The van der Waals surface area contributed by atoms with Gasteiger partial charge in [-0.3, -0.25) is 5.41 Å². The van der Waals surface area contributed by atoms with Crippen molar-refractivity contribution in [1.29, 1.82) is 5.41 Å². The number of amidine groups is 1. The van der Waals surface area contributed by atoms with E-state index >= 15 is 0 Å². The average molecular weight is 289 g/mol. The third-order valence-corrected chi connectivity index (χ3v) is 3.40. The molecule has 0 saturated carbocycles. The summed E-state index contributed by atoms with van der Waals surface area (Å²) in [5.74, 6) is 0.573. The van der Waals surface area contributed by atoms with Gasteiger partial charge >= 0.3 is 0 Å². The molecular formula is C15H17ClN4. The second kappa shape index (κ2) is 5.92. The number of nitrogens with two attached hydrogens (primary N) is 1. The molecule has 20 heavy (non-hydrogen) atoms. The van der Waals surface area contributed by atoms with Gasteiger partial charge in [-0.2, -0.15) is 0 Å². The van der Waals surface area contributed by atoms with Crippen molar-refractivity contribution in [1.82, 2.24) is 4.98 Å². The van der Waals surface area contributed by atoms with Gasteiger partial charge in [-0.05, 0) is 18.6 Å². The number of hydrogen-bond acceptors (Lipinski definition) is 3. The van der Waals surface area contributed by atoms with Crippen LogP contribution in [-0.4, -0.2) is 17.9 Å². The SMILES string of the molecule is Cc1cccc(CN(C)c2nccc(C(=N)N)c2Cl)c1. The number of nitrogen functional groups attached to an aromatic ring is 1. The Balaban J connectivity index is 2.28. The minimum atomic E-state index is -0.0531. The van der Waals surface area contributed by atoms with Crippen LogP contribution in [-0.2, 0) is 6.54 Å². The number of pyridine rings is 1. The van der Waals surface area contributed by atoms with E-state index in [2.05, 4.69) is 30.1 Å². The summed E-state index contributed by atoms with van der Waals surface area (Å²) in [4.78, 5) is 6.23. The van der Waals surface area contributed by atoms with E-state index in [1.807, 2.05) is 18.0 Å². The summed E-state index contributed by atoms with van der Waals surface area (Å²) in [7, 11) is 1.92. The molecule has 0 bridgehead atoms. The first-order valence-corrected chi connectivity index (χ1v) is 6.62. The summed E-state index contributed by atoms with van der Waals surface area (Å²) in [6.07, 6.45) is 1.62. The molecule has 5 heteroatoms. The van der Waals surface area contributed by atoms with Gasteiger partial charge in [0.2, 0.25) is 0 Å². The van der Waals surface area contributed by atoms with Crippen molar-refractivity contribution < 1.29 is 0 Å². The van der Waals surface area contributed by atoms with Crippen LogP contribution in [0.15, 0.2) is 36.5 Å². The van der Waals surface area contributed by atoms with Gasteiger partial charge in [0.1, 0.15) is 11.7 Å². The standard InChI is InChI=1S/C15H17ClN4/c1-10-4-3-5-11(8-10)9-20(2)15-13(16)12(14(17)18)6-7-19-15/h3-8H,9H2,1-2H3,(H3,17,18). The second-order valence-corrected chi connectivity index (χ2v) is 5.13. The molecule has 0 spiro atoms. The quantitative estimate of drug-likeness (QED) is 0.671. The molecule has 1 aromatic carbocycles.